The summed E-state index contributed by atoms with van der Waals surface area (Å²) >= 11 is 1.37. The van der Waals surface area contributed by atoms with E-state index in [-0.39, 0.29) is 28.4 Å². The van der Waals surface area contributed by atoms with Gasteiger partial charge in [0.1, 0.15) is 18.0 Å². The summed E-state index contributed by atoms with van der Waals surface area (Å²) in [5.41, 5.74) is 2.27. The number of fused-ring (bicyclic) bond motifs is 1. The number of halogens is 1. The summed E-state index contributed by atoms with van der Waals surface area (Å²) in [6.45, 7) is 5.38. The van der Waals surface area contributed by atoms with Gasteiger partial charge in [-0.05, 0) is 32.2 Å². The summed E-state index contributed by atoms with van der Waals surface area (Å²) in [7, 11) is 2.05. The van der Waals surface area contributed by atoms with Crippen LogP contribution in [0.4, 0.5) is 10.1 Å². The van der Waals surface area contributed by atoms with E-state index in [9.17, 15) is 9.90 Å². The van der Waals surface area contributed by atoms with Crippen molar-refractivity contribution in [1.82, 2.24) is 24.1 Å². The first-order valence-corrected chi connectivity index (χ1v) is 13.4. The molecule has 1 atom stereocenters. The molecular weight excluding hydrogens is 507 g/mol. The molecule has 1 unspecified atom stereocenters. The molecule has 5 aromatic rings. The van der Waals surface area contributed by atoms with Gasteiger partial charge in [-0.1, -0.05) is 12.1 Å². The van der Waals surface area contributed by atoms with Crippen LogP contribution >= 0.6 is 11.3 Å². The summed E-state index contributed by atoms with van der Waals surface area (Å²) in [6, 6.07) is 8.27. The Morgan fingerprint density at radius 1 is 1.16 bits per heavy atom. The molecule has 3 aromatic heterocycles. The van der Waals surface area contributed by atoms with Gasteiger partial charge in [0.15, 0.2) is 17.4 Å². The van der Waals surface area contributed by atoms with Crippen LogP contribution < -0.4 is 15.1 Å². The molecule has 194 valence electrons. The van der Waals surface area contributed by atoms with Gasteiger partial charge in [-0.15, -0.1) is 16.4 Å². The molecular formula is C27H25FN6O3S. The van der Waals surface area contributed by atoms with Crippen LogP contribution in [0, 0.1) is 5.82 Å². The van der Waals surface area contributed by atoms with Gasteiger partial charge in [-0.2, -0.15) is 4.98 Å². The Morgan fingerprint density at radius 2 is 1.95 bits per heavy atom. The van der Waals surface area contributed by atoms with Crippen LogP contribution in [-0.4, -0.2) is 69.0 Å². The second-order valence-electron chi connectivity index (χ2n) is 9.93. The smallest absolute Gasteiger partial charge is 0.213 e. The average Bonchev–Trinajstić information content (AvgIpc) is 3.49. The Labute approximate surface area is 220 Å². The van der Waals surface area contributed by atoms with Crippen molar-refractivity contribution in [3.05, 3.63) is 57.9 Å². The molecule has 0 radical (unpaired) electrons. The van der Waals surface area contributed by atoms with E-state index in [2.05, 4.69) is 22.0 Å². The van der Waals surface area contributed by atoms with Crippen LogP contribution in [0.5, 0.6) is 11.5 Å². The molecule has 0 saturated carbocycles. The third kappa shape index (κ3) is 3.42. The first-order chi connectivity index (χ1) is 18.4. The summed E-state index contributed by atoms with van der Waals surface area (Å²) in [5, 5.41) is 17.1. The predicted octanol–water partition coefficient (Wildman–Crippen LogP) is 3.99. The van der Waals surface area contributed by atoms with Crippen molar-refractivity contribution in [2.75, 3.05) is 44.7 Å². The number of phenolic OH excluding ortho intramolecular Hbond substituents is 1. The first kappa shape index (κ1) is 23.2. The average molecular weight is 533 g/mol. The molecule has 1 saturated heterocycles. The van der Waals surface area contributed by atoms with E-state index in [0.29, 0.717) is 58.4 Å². The highest BCUT2D eigenvalue weighted by atomic mass is 32.1. The number of piperazine rings is 1. The lowest BCUT2D eigenvalue weighted by atomic mass is 10.0. The molecule has 1 fully saturated rings. The molecule has 0 spiro atoms. The second kappa shape index (κ2) is 8.53. The normalized spacial score (nSPS) is 17.9. The molecule has 7 rings (SSSR count). The van der Waals surface area contributed by atoms with Crippen LogP contribution in [0.25, 0.3) is 38.5 Å². The number of hydrogen-bond donors (Lipinski definition) is 1. The SMILES string of the molecule is CC1COc2c(N3CCN(C)CC3)c(F)cc3c(=O)c(-c4nc5scc(-c6ccccc6O)n5n4)cn1c23. The molecule has 0 amide bonds. The number of phenols is 1. The highest BCUT2D eigenvalue weighted by molar-refractivity contribution is 7.15. The monoisotopic (exact) mass is 532 g/mol. The molecule has 2 aliphatic rings. The Kier molecular flexibility index (Phi) is 5.21. The van der Waals surface area contributed by atoms with Crippen LogP contribution in [0.2, 0.25) is 0 Å². The van der Waals surface area contributed by atoms with E-state index >= 15 is 4.39 Å². The fourth-order valence-corrected chi connectivity index (χ4v) is 6.19. The van der Waals surface area contributed by atoms with Gasteiger partial charge in [0.25, 0.3) is 0 Å². The molecule has 2 aromatic carbocycles. The van der Waals surface area contributed by atoms with E-state index < -0.39 is 5.82 Å². The number of aromatic hydroxyl groups is 1. The van der Waals surface area contributed by atoms with Crippen LogP contribution in [0.15, 0.2) is 46.7 Å². The molecule has 38 heavy (non-hydrogen) atoms. The maximum atomic E-state index is 15.7. The molecule has 5 heterocycles. The standard InChI is InChI=1S/C27H25FN6O3S/c1-15-13-37-25-22-17(11-19(28)23(25)32-9-7-31(2)8-10-32)24(36)18(12-33(15)22)26-29-27-34(30-26)20(14-38-27)16-5-3-4-6-21(16)35/h3-6,11-12,14-15,35H,7-10,13H2,1-2H3. The number of pyridine rings is 1. The number of thiazole rings is 1. The Bertz CT molecular complexity index is 1790. The maximum Gasteiger partial charge on any atom is 0.213 e. The lowest BCUT2D eigenvalue weighted by Gasteiger charge is -2.37. The minimum Gasteiger partial charge on any atom is -0.507 e. The number of para-hydroxylation sites is 1. The Hall–Kier alpha value is -3.96. The fraction of sp³-hybridized carbons (Fsp3) is 0.296. The summed E-state index contributed by atoms with van der Waals surface area (Å²) in [5.74, 6) is 0.348. The number of aromatic nitrogens is 4. The van der Waals surface area contributed by atoms with Crippen LogP contribution in [0.3, 0.4) is 0 Å². The third-order valence-corrected chi connectivity index (χ3v) is 8.28. The van der Waals surface area contributed by atoms with Crippen LogP contribution in [-0.2, 0) is 0 Å². The van der Waals surface area contributed by atoms with Crippen molar-refractivity contribution in [1.29, 1.82) is 0 Å². The first-order valence-electron chi connectivity index (χ1n) is 12.5. The second-order valence-corrected chi connectivity index (χ2v) is 10.8. The molecule has 11 heteroatoms. The van der Waals surface area contributed by atoms with Gasteiger partial charge in [-0.3, -0.25) is 4.79 Å². The molecule has 9 nitrogen and oxygen atoms in total. The molecule has 2 aliphatic heterocycles. The van der Waals surface area contributed by atoms with Gasteiger partial charge >= 0.3 is 0 Å². The third-order valence-electron chi connectivity index (χ3n) is 7.46. The summed E-state index contributed by atoms with van der Waals surface area (Å²) in [4.78, 5) is 23.2. The van der Waals surface area contributed by atoms with Crippen molar-refractivity contribution < 1.29 is 14.2 Å². The Morgan fingerprint density at radius 3 is 2.74 bits per heavy atom. The zero-order valence-corrected chi connectivity index (χ0v) is 21.7. The van der Waals surface area contributed by atoms with Gasteiger partial charge in [0.2, 0.25) is 10.4 Å². The number of benzene rings is 2. The number of likely N-dealkylation sites (N-methyl/N-ethyl adjacent to an activating group) is 1. The molecule has 1 N–H and O–H groups in total. The Balaban J connectivity index is 1.41. The highest BCUT2D eigenvalue weighted by Crippen LogP contribution is 2.42. The summed E-state index contributed by atoms with van der Waals surface area (Å²) in [6.07, 6.45) is 1.77. The van der Waals surface area contributed by atoms with E-state index in [0.717, 1.165) is 13.1 Å². The lowest BCUT2D eigenvalue weighted by molar-refractivity contribution is 0.245. The van der Waals surface area contributed by atoms with Gasteiger partial charge in [0, 0.05) is 43.3 Å². The number of nitrogens with zero attached hydrogens (tertiary/aromatic N) is 6. The van der Waals surface area contributed by atoms with Crippen molar-refractivity contribution in [3.8, 4) is 34.1 Å². The van der Waals surface area contributed by atoms with Crippen molar-refractivity contribution in [2.24, 2.45) is 0 Å². The van der Waals surface area contributed by atoms with E-state index in [1.165, 1.54) is 17.4 Å². The largest absolute Gasteiger partial charge is 0.507 e. The van der Waals surface area contributed by atoms with Crippen molar-refractivity contribution >= 4 is 32.9 Å². The number of hydrogen-bond acceptors (Lipinski definition) is 8. The lowest BCUT2D eigenvalue weighted by Crippen LogP contribution is -2.45. The van der Waals surface area contributed by atoms with E-state index in [1.54, 1.807) is 28.9 Å². The predicted molar refractivity (Wildman–Crippen MR) is 145 cm³/mol. The van der Waals surface area contributed by atoms with E-state index in [4.69, 9.17) is 4.74 Å². The molecule has 0 aliphatic carbocycles. The number of anilines is 1. The van der Waals surface area contributed by atoms with Gasteiger partial charge in [-0.25, -0.2) is 8.91 Å². The van der Waals surface area contributed by atoms with Crippen LogP contribution in [0.1, 0.15) is 13.0 Å². The minimum absolute atomic E-state index is 0.0734. The zero-order valence-electron chi connectivity index (χ0n) is 20.9. The minimum atomic E-state index is -0.465. The quantitative estimate of drug-likeness (QED) is 0.376. The number of rotatable bonds is 3. The maximum absolute atomic E-state index is 15.7. The highest BCUT2D eigenvalue weighted by Gasteiger charge is 2.31. The van der Waals surface area contributed by atoms with Crippen molar-refractivity contribution in [2.45, 2.75) is 13.0 Å². The molecule has 0 bridgehead atoms. The summed E-state index contributed by atoms with van der Waals surface area (Å²) < 4.78 is 25.4. The van der Waals surface area contributed by atoms with Crippen molar-refractivity contribution in [3.63, 3.8) is 0 Å². The zero-order chi connectivity index (χ0) is 26.1. The number of ether oxygens (including phenoxy) is 1. The van der Waals surface area contributed by atoms with E-state index in [1.807, 2.05) is 27.8 Å². The topological polar surface area (TPSA) is 88.1 Å². The fourth-order valence-electron chi connectivity index (χ4n) is 5.37. The van der Waals surface area contributed by atoms with Gasteiger partial charge in [0.05, 0.1) is 28.2 Å². The van der Waals surface area contributed by atoms with Gasteiger partial charge < -0.3 is 24.2 Å².